The topological polar surface area (TPSA) is 58.6 Å². The van der Waals surface area contributed by atoms with Gasteiger partial charge in [0.15, 0.2) is 9.84 Å². The number of piperidine rings is 1. The zero-order valence-electron chi connectivity index (χ0n) is 12.7. The summed E-state index contributed by atoms with van der Waals surface area (Å²) < 4.78 is 28.5. The van der Waals surface area contributed by atoms with Gasteiger partial charge in [0.1, 0.15) is 5.75 Å². The van der Waals surface area contributed by atoms with Crippen molar-refractivity contribution in [1.82, 2.24) is 10.4 Å². The van der Waals surface area contributed by atoms with E-state index in [1.54, 1.807) is 24.3 Å². The number of nitrogens with one attached hydrogen (secondary N) is 1. The van der Waals surface area contributed by atoms with Crippen LogP contribution in [0.5, 0.6) is 5.75 Å². The number of hydrogen-bond donors (Lipinski definition) is 1. The summed E-state index contributed by atoms with van der Waals surface area (Å²) in [5.74, 6) is 1.30. The lowest BCUT2D eigenvalue weighted by Crippen LogP contribution is -2.44. The third-order valence-corrected chi connectivity index (χ3v) is 4.86. The molecule has 1 aliphatic rings. The molecule has 1 saturated heterocycles. The second-order valence-electron chi connectivity index (χ2n) is 5.50. The molecule has 0 bridgehead atoms. The highest BCUT2D eigenvalue weighted by molar-refractivity contribution is 7.90. The highest BCUT2D eigenvalue weighted by Crippen LogP contribution is 2.20. The summed E-state index contributed by atoms with van der Waals surface area (Å²) >= 11 is 0. The summed E-state index contributed by atoms with van der Waals surface area (Å²) in [6, 6.07) is 6.64. The van der Waals surface area contributed by atoms with E-state index in [4.69, 9.17) is 4.74 Å². The quantitative estimate of drug-likeness (QED) is 0.866. The SMILES string of the molecule is CCNN1CCC(COc2ccc(S(C)(=O)=O)cc2)CC1. The molecular weight excluding hydrogens is 288 g/mol. The van der Waals surface area contributed by atoms with E-state index in [0.717, 1.165) is 38.2 Å². The van der Waals surface area contributed by atoms with Crippen LogP contribution in [-0.2, 0) is 9.84 Å². The fourth-order valence-corrected chi connectivity index (χ4v) is 3.11. The smallest absolute Gasteiger partial charge is 0.175 e. The molecule has 1 aromatic rings. The first-order valence-electron chi connectivity index (χ1n) is 7.40. The summed E-state index contributed by atoms with van der Waals surface area (Å²) in [7, 11) is -3.13. The van der Waals surface area contributed by atoms with Crippen LogP contribution in [0.25, 0.3) is 0 Å². The molecule has 0 aromatic heterocycles. The Morgan fingerprint density at radius 3 is 2.38 bits per heavy atom. The van der Waals surface area contributed by atoms with E-state index >= 15 is 0 Å². The zero-order chi connectivity index (χ0) is 15.3. The second-order valence-corrected chi connectivity index (χ2v) is 7.51. The molecule has 0 atom stereocenters. The molecule has 0 saturated carbocycles. The molecule has 21 heavy (non-hydrogen) atoms. The average molecular weight is 312 g/mol. The van der Waals surface area contributed by atoms with Crippen molar-refractivity contribution in [2.75, 3.05) is 32.5 Å². The Labute approximate surface area is 127 Å². The van der Waals surface area contributed by atoms with Crippen molar-refractivity contribution in [3.05, 3.63) is 24.3 Å². The molecule has 6 heteroatoms. The summed E-state index contributed by atoms with van der Waals surface area (Å²) in [4.78, 5) is 0.328. The Balaban J connectivity index is 1.79. The third kappa shape index (κ3) is 4.98. The Kier molecular flexibility index (Phi) is 5.61. The minimum atomic E-state index is -3.13. The molecule has 2 rings (SSSR count). The van der Waals surface area contributed by atoms with E-state index in [-0.39, 0.29) is 0 Å². The van der Waals surface area contributed by atoms with Crippen LogP contribution in [0.1, 0.15) is 19.8 Å². The van der Waals surface area contributed by atoms with Crippen molar-refractivity contribution in [1.29, 1.82) is 0 Å². The number of rotatable bonds is 6. The Bertz CT molecular complexity index is 535. The van der Waals surface area contributed by atoms with E-state index in [0.29, 0.717) is 17.4 Å². The molecule has 5 nitrogen and oxygen atoms in total. The average Bonchev–Trinajstić information content (AvgIpc) is 2.46. The molecule has 1 heterocycles. The van der Waals surface area contributed by atoms with Crippen LogP contribution < -0.4 is 10.2 Å². The predicted molar refractivity (Wildman–Crippen MR) is 83.0 cm³/mol. The van der Waals surface area contributed by atoms with Crippen LogP contribution in [-0.4, -0.2) is 45.9 Å². The molecule has 0 unspecified atom stereocenters. The van der Waals surface area contributed by atoms with Gasteiger partial charge in [-0.05, 0) is 43.0 Å². The first-order valence-corrected chi connectivity index (χ1v) is 9.29. The lowest BCUT2D eigenvalue weighted by atomic mass is 9.99. The fourth-order valence-electron chi connectivity index (χ4n) is 2.48. The monoisotopic (exact) mass is 312 g/mol. The summed E-state index contributed by atoms with van der Waals surface area (Å²) in [6.07, 6.45) is 3.45. The van der Waals surface area contributed by atoms with Gasteiger partial charge in [-0.1, -0.05) is 6.92 Å². The highest BCUT2D eigenvalue weighted by Gasteiger charge is 2.19. The summed E-state index contributed by atoms with van der Waals surface area (Å²) in [5.41, 5.74) is 3.33. The summed E-state index contributed by atoms with van der Waals surface area (Å²) in [5, 5.41) is 2.26. The molecule has 118 valence electrons. The van der Waals surface area contributed by atoms with Crippen LogP contribution in [0, 0.1) is 5.92 Å². The normalized spacial score (nSPS) is 17.8. The van der Waals surface area contributed by atoms with Crippen molar-refractivity contribution in [2.24, 2.45) is 5.92 Å². The van der Waals surface area contributed by atoms with Crippen molar-refractivity contribution < 1.29 is 13.2 Å². The number of nitrogens with zero attached hydrogens (tertiary/aromatic N) is 1. The molecule has 1 aromatic carbocycles. The fraction of sp³-hybridized carbons (Fsp3) is 0.600. The van der Waals surface area contributed by atoms with E-state index in [2.05, 4.69) is 17.4 Å². The maximum Gasteiger partial charge on any atom is 0.175 e. The molecule has 1 aliphatic heterocycles. The maximum absolute atomic E-state index is 11.4. The van der Waals surface area contributed by atoms with Gasteiger partial charge in [0.05, 0.1) is 11.5 Å². The van der Waals surface area contributed by atoms with Gasteiger partial charge in [-0.25, -0.2) is 13.4 Å². The number of hydrazine groups is 1. The van der Waals surface area contributed by atoms with Crippen molar-refractivity contribution >= 4 is 9.84 Å². The second kappa shape index (κ2) is 7.24. The molecule has 0 aliphatic carbocycles. The van der Waals surface area contributed by atoms with E-state index < -0.39 is 9.84 Å². The Morgan fingerprint density at radius 1 is 1.24 bits per heavy atom. The Hall–Kier alpha value is -1.11. The van der Waals surface area contributed by atoms with Crippen molar-refractivity contribution in [3.8, 4) is 5.75 Å². The van der Waals surface area contributed by atoms with Crippen LogP contribution in [0.3, 0.4) is 0 Å². The zero-order valence-corrected chi connectivity index (χ0v) is 13.5. The predicted octanol–water partition coefficient (Wildman–Crippen LogP) is 1.71. The van der Waals surface area contributed by atoms with Gasteiger partial charge in [0.25, 0.3) is 0 Å². The molecule has 1 N–H and O–H groups in total. The molecule has 0 spiro atoms. The maximum atomic E-state index is 11.4. The minimum absolute atomic E-state index is 0.328. The van der Waals surface area contributed by atoms with Crippen LogP contribution in [0.15, 0.2) is 29.2 Å². The molecule has 0 radical (unpaired) electrons. The largest absolute Gasteiger partial charge is 0.493 e. The van der Waals surface area contributed by atoms with Gasteiger partial charge in [-0.15, -0.1) is 0 Å². The van der Waals surface area contributed by atoms with Gasteiger partial charge >= 0.3 is 0 Å². The summed E-state index contributed by atoms with van der Waals surface area (Å²) in [6.45, 7) is 5.87. The highest BCUT2D eigenvalue weighted by atomic mass is 32.2. The van der Waals surface area contributed by atoms with Gasteiger partial charge in [0.2, 0.25) is 0 Å². The molecule has 1 fully saturated rings. The lowest BCUT2D eigenvalue weighted by Gasteiger charge is -2.31. The van der Waals surface area contributed by atoms with Gasteiger partial charge in [-0.2, -0.15) is 0 Å². The first-order chi connectivity index (χ1) is 9.99. The number of hydrogen-bond acceptors (Lipinski definition) is 5. The van der Waals surface area contributed by atoms with Gasteiger partial charge < -0.3 is 4.74 Å². The number of benzene rings is 1. The van der Waals surface area contributed by atoms with E-state index in [9.17, 15) is 8.42 Å². The van der Waals surface area contributed by atoms with Crippen molar-refractivity contribution in [2.45, 2.75) is 24.7 Å². The van der Waals surface area contributed by atoms with Crippen LogP contribution >= 0.6 is 0 Å². The number of sulfone groups is 1. The lowest BCUT2D eigenvalue weighted by molar-refractivity contribution is 0.103. The van der Waals surface area contributed by atoms with Crippen molar-refractivity contribution in [3.63, 3.8) is 0 Å². The molecular formula is C15H24N2O3S. The molecule has 0 amide bonds. The first kappa shape index (κ1) is 16.3. The minimum Gasteiger partial charge on any atom is -0.493 e. The Morgan fingerprint density at radius 2 is 1.86 bits per heavy atom. The van der Waals surface area contributed by atoms with Crippen LogP contribution in [0.2, 0.25) is 0 Å². The van der Waals surface area contributed by atoms with E-state index in [1.165, 1.54) is 6.26 Å². The third-order valence-electron chi connectivity index (χ3n) is 3.73. The van der Waals surface area contributed by atoms with Crippen LogP contribution in [0.4, 0.5) is 0 Å². The standard InChI is InChI=1S/C15H24N2O3S/c1-3-16-17-10-8-13(9-11-17)12-20-14-4-6-15(7-5-14)21(2,18)19/h4-7,13,16H,3,8-12H2,1-2H3. The van der Waals surface area contributed by atoms with Gasteiger partial charge in [-0.3, -0.25) is 5.43 Å². The van der Waals surface area contributed by atoms with E-state index in [1.807, 2.05) is 0 Å². The van der Waals surface area contributed by atoms with Gasteiger partial charge in [0, 0.05) is 25.9 Å². The number of ether oxygens (including phenoxy) is 1.